The molecule has 0 spiro atoms. The highest BCUT2D eigenvalue weighted by atomic mass is 35.5. The second-order valence-corrected chi connectivity index (χ2v) is 12.2. The van der Waals surface area contributed by atoms with E-state index in [1.165, 1.54) is 16.7 Å². The predicted molar refractivity (Wildman–Crippen MR) is 183 cm³/mol. The number of pyridine rings is 1. The summed E-state index contributed by atoms with van der Waals surface area (Å²) in [7, 11) is 4.77. The van der Waals surface area contributed by atoms with Crippen LogP contribution in [0, 0.1) is 0 Å². The lowest BCUT2D eigenvalue weighted by atomic mass is 9.99. The number of aromatic nitrogens is 3. The maximum atomic E-state index is 14.1. The van der Waals surface area contributed by atoms with Crippen LogP contribution in [0.15, 0.2) is 91.3 Å². The first-order chi connectivity index (χ1) is 22.9. The number of hydrogen-bond acceptors (Lipinski definition) is 8. The Morgan fingerprint density at radius 1 is 0.979 bits per heavy atom. The summed E-state index contributed by atoms with van der Waals surface area (Å²) in [4.78, 5) is 33.2. The quantitative estimate of drug-likeness (QED) is 0.190. The van der Waals surface area contributed by atoms with Gasteiger partial charge in [0.2, 0.25) is 11.8 Å². The second kappa shape index (κ2) is 14.2. The molecule has 0 fully saturated rings. The molecule has 240 valence electrons. The SMILES string of the molecule is COc1ccc(-n2nc(-c3ccc(Cl)cc3)c3c2N(CC(=O)NCc2cccnc2)C(=O)CS[C@H]3c2ccc(OC)c(OC)c2)cc1. The summed E-state index contributed by atoms with van der Waals surface area (Å²) in [5.41, 5.74) is 4.64. The Labute approximate surface area is 281 Å². The van der Waals surface area contributed by atoms with Gasteiger partial charge in [-0.15, -0.1) is 11.8 Å². The Morgan fingerprint density at radius 3 is 2.43 bits per heavy atom. The third-order valence-electron chi connectivity index (χ3n) is 7.75. The van der Waals surface area contributed by atoms with Gasteiger partial charge in [-0.25, -0.2) is 4.68 Å². The van der Waals surface area contributed by atoms with Crippen molar-refractivity contribution in [3.05, 3.63) is 113 Å². The number of carbonyl (C=O) groups excluding carboxylic acids is 2. The zero-order chi connectivity index (χ0) is 32.9. The van der Waals surface area contributed by atoms with Crippen molar-refractivity contribution in [2.24, 2.45) is 0 Å². The first-order valence-electron chi connectivity index (χ1n) is 14.7. The van der Waals surface area contributed by atoms with Gasteiger partial charge in [0.15, 0.2) is 11.5 Å². The molecule has 12 heteroatoms. The first-order valence-corrected chi connectivity index (χ1v) is 16.2. The molecule has 0 unspecified atom stereocenters. The molecule has 1 N–H and O–H groups in total. The van der Waals surface area contributed by atoms with Crippen LogP contribution in [0.25, 0.3) is 16.9 Å². The van der Waals surface area contributed by atoms with Gasteiger partial charge in [0.25, 0.3) is 0 Å². The molecule has 2 amide bonds. The van der Waals surface area contributed by atoms with Crippen molar-refractivity contribution in [2.45, 2.75) is 11.8 Å². The molecular weight excluding hydrogens is 638 g/mol. The Morgan fingerprint density at radius 2 is 1.74 bits per heavy atom. The maximum absolute atomic E-state index is 14.1. The zero-order valence-electron chi connectivity index (χ0n) is 26.0. The van der Waals surface area contributed by atoms with Gasteiger partial charge in [0.1, 0.15) is 18.1 Å². The minimum atomic E-state index is -0.366. The molecule has 0 radical (unpaired) electrons. The Kier molecular flexibility index (Phi) is 9.65. The maximum Gasteiger partial charge on any atom is 0.240 e. The molecule has 0 saturated heterocycles. The number of rotatable bonds is 10. The van der Waals surface area contributed by atoms with Gasteiger partial charge in [0.05, 0.1) is 43.7 Å². The average molecular weight is 670 g/mol. The van der Waals surface area contributed by atoms with Crippen molar-refractivity contribution >= 4 is 41.0 Å². The lowest BCUT2D eigenvalue weighted by Gasteiger charge is -2.23. The molecule has 3 aromatic carbocycles. The summed E-state index contributed by atoms with van der Waals surface area (Å²) < 4.78 is 18.3. The van der Waals surface area contributed by atoms with Gasteiger partial charge in [-0.1, -0.05) is 35.9 Å². The summed E-state index contributed by atoms with van der Waals surface area (Å²) >= 11 is 7.75. The topological polar surface area (TPSA) is 108 Å². The molecule has 2 aromatic heterocycles. The molecule has 1 aliphatic rings. The molecule has 1 aliphatic heterocycles. The van der Waals surface area contributed by atoms with E-state index in [-0.39, 0.29) is 35.9 Å². The number of benzene rings is 3. The van der Waals surface area contributed by atoms with Gasteiger partial charge in [-0.3, -0.25) is 19.5 Å². The van der Waals surface area contributed by atoms with Crippen LogP contribution >= 0.6 is 23.4 Å². The molecule has 1 atom stereocenters. The predicted octanol–water partition coefficient (Wildman–Crippen LogP) is 6.10. The fourth-order valence-electron chi connectivity index (χ4n) is 5.43. The van der Waals surface area contributed by atoms with Crippen molar-refractivity contribution < 1.29 is 23.8 Å². The van der Waals surface area contributed by atoms with Gasteiger partial charge in [-0.05, 0) is 65.7 Å². The number of halogens is 1. The van der Waals surface area contributed by atoms with E-state index in [2.05, 4.69) is 10.3 Å². The van der Waals surface area contributed by atoms with Crippen molar-refractivity contribution in [3.8, 4) is 34.2 Å². The average Bonchev–Trinajstić information content (AvgIpc) is 3.43. The van der Waals surface area contributed by atoms with Crippen LogP contribution < -0.4 is 24.4 Å². The van der Waals surface area contributed by atoms with Crippen molar-refractivity contribution in [1.82, 2.24) is 20.1 Å². The Balaban J connectivity index is 1.54. The van der Waals surface area contributed by atoms with E-state index in [9.17, 15) is 9.59 Å². The lowest BCUT2D eigenvalue weighted by molar-refractivity contribution is -0.123. The van der Waals surface area contributed by atoms with Crippen LogP contribution in [-0.4, -0.2) is 60.2 Å². The van der Waals surface area contributed by atoms with Crippen molar-refractivity contribution in [3.63, 3.8) is 0 Å². The second-order valence-electron chi connectivity index (χ2n) is 10.6. The number of methoxy groups -OCH3 is 3. The summed E-state index contributed by atoms with van der Waals surface area (Å²) in [5, 5.41) is 8.28. The van der Waals surface area contributed by atoms with E-state index in [1.54, 1.807) is 50.5 Å². The monoisotopic (exact) mass is 669 g/mol. The number of nitrogens with zero attached hydrogens (tertiary/aromatic N) is 4. The molecule has 0 aliphatic carbocycles. The van der Waals surface area contributed by atoms with Gasteiger partial charge < -0.3 is 19.5 Å². The van der Waals surface area contributed by atoms with Crippen LogP contribution in [0.1, 0.15) is 21.9 Å². The van der Waals surface area contributed by atoms with Gasteiger partial charge in [0, 0.05) is 35.1 Å². The van der Waals surface area contributed by atoms with Crippen LogP contribution in [0.2, 0.25) is 5.02 Å². The molecule has 0 bridgehead atoms. The summed E-state index contributed by atoms with van der Waals surface area (Å²) in [6.45, 7) is 0.0611. The summed E-state index contributed by atoms with van der Waals surface area (Å²) in [5.74, 6) is 1.88. The van der Waals surface area contributed by atoms with E-state index in [1.807, 2.05) is 66.7 Å². The number of hydrogen-bond donors (Lipinski definition) is 1. The minimum absolute atomic E-state index is 0.117. The number of amides is 2. The fourth-order valence-corrected chi connectivity index (χ4v) is 6.74. The van der Waals surface area contributed by atoms with Crippen LogP contribution in [0.3, 0.4) is 0 Å². The minimum Gasteiger partial charge on any atom is -0.497 e. The molecule has 6 rings (SSSR count). The largest absolute Gasteiger partial charge is 0.497 e. The highest BCUT2D eigenvalue weighted by molar-refractivity contribution is 8.00. The smallest absolute Gasteiger partial charge is 0.240 e. The molecule has 47 heavy (non-hydrogen) atoms. The molecular formula is C35H32ClN5O5S. The standard InChI is InChI=1S/C35H32ClN5O5S/c1-44-27-13-11-26(12-14-27)41-35-32(33(39-41)23-6-9-25(36)10-7-23)34(24-8-15-28(45-2)29(17-24)46-3)47-21-31(43)40(35)20-30(42)38-19-22-5-4-16-37-18-22/h4-18,34H,19-21H2,1-3H3,(H,38,42)/t34-/m0/s1. The van der Waals surface area contributed by atoms with Crippen LogP contribution in [0.5, 0.6) is 17.2 Å². The lowest BCUT2D eigenvalue weighted by Crippen LogP contribution is -2.42. The normalized spacial score (nSPS) is 14.3. The number of fused-ring (bicyclic) bond motifs is 1. The molecule has 3 heterocycles. The van der Waals surface area contributed by atoms with Crippen LogP contribution in [0.4, 0.5) is 5.82 Å². The first kappa shape index (κ1) is 32.0. The van der Waals surface area contributed by atoms with Crippen molar-refractivity contribution in [1.29, 1.82) is 0 Å². The Bertz CT molecular complexity index is 1880. The third kappa shape index (κ3) is 6.77. The molecule has 0 saturated carbocycles. The number of anilines is 1. The van der Waals surface area contributed by atoms with Gasteiger partial charge in [-0.2, -0.15) is 5.10 Å². The van der Waals surface area contributed by atoms with E-state index >= 15 is 0 Å². The summed E-state index contributed by atoms with van der Waals surface area (Å²) in [6, 6.07) is 24.2. The van der Waals surface area contributed by atoms with E-state index < -0.39 is 0 Å². The van der Waals surface area contributed by atoms with Crippen molar-refractivity contribution in [2.75, 3.05) is 38.5 Å². The number of nitrogens with one attached hydrogen (secondary N) is 1. The Hall–Kier alpha value is -5.00. The van der Waals surface area contributed by atoms with E-state index in [0.29, 0.717) is 39.5 Å². The fraction of sp³-hybridized carbons (Fsp3) is 0.200. The number of thioether (sulfide) groups is 1. The number of ether oxygens (including phenoxy) is 3. The zero-order valence-corrected chi connectivity index (χ0v) is 27.5. The van der Waals surface area contributed by atoms with Crippen LogP contribution in [-0.2, 0) is 16.1 Å². The third-order valence-corrected chi connectivity index (χ3v) is 9.26. The highest BCUT2D eigenvalue weighted by Gasteiger charge is 2.38. The molecule has 5 aromatic rings. The highest BCUT2D eigenvalue weighted by Crippen LogP contribution is 2.49. The summed E-state index contributed by atoms with van der Waals surface area (Å²) in [6.07, 6.45) is 3.37. The molecule has 10 nitrogen and oxygen atoms in total. The van der Waals surface area contributed by atoms with E-state index in [4.69, 9.17) is 30.9 Å². The van der Waals surface area contributed by atoms with E-state index in [0.717, 1.165) is 22.3 Å². The van der Waals surface area contributed by atoms with Gasteiger partial charge >= 0.3 is 0 Å². The number of carbonyl (C=O) groups is 2.